The van der Waals surface area contributed by atoms with Crippen LogP contribution >= 0.6 is 0 Å². The number of aryl methyl sites for hydroxylation is 1. The zero-order valence-electron chi connectivity index (χ0n) is 12.7. The molecule has 1 saturated heterocycles. The first-order valence-electron chi connectivity index (χ1n) is 7.66. The lowest BCUT2D eigenvalue weighted by Crippen LogP contribution is -2.42. The van der Waals surface area contributed by atoms with Crippen LogP contribution in [0.25, 0.3) is 11.4 Å². The number of rotatable bonds is 3. The number of nitrogens with zero attached hydrogens (tertiary/aromatic N) is 2. The number of nitrogens with one attached hydrogen (secondary N) is 1. The monoisotopic (exact) mass is 312 g/mol. The lowest BCUT2D eigenvalue weighted by molar-refractivity contribution is -0.120. The minimum Gasteiger partial charge on any atom is -0.368 e. The molecule has 2 aromatic rings. The highest BCUT2D eigenvalue weighted by atomic mass is 19.1. The van der Waals surface area contributed by atoms with Crippen molar-refractivity contribution in [1.82, 2.24) is 15.3 Å². The summed E-state index contributed by atoms with van der Waals surface area (Å²) in [7, 11) is 0. The third-order valence-electron chi connectivity index (χ3n) is 5.01. The Labute approximate surface area is 133 Å². The Kier molecular flexibility index (Phi) is 2.99. The molecule has 2 fully saturated rings. The fourth-order valence-electron chi connectivity index (χ4n) is 3.66. The van der Waals surface area contributed by atoms with Gasteiger partial charge in [0.05, 0.1) is 18.4 Å². The van der Waals surface area contributed by atoms with Gasteiger partial charge < -0.3 is 5.73 Å². The highest BCUT2D eigenvalue weighted by molar-refractivity contribution is 5.81. The molecule has 1 amide bonds. The number of aromatic nitrogens is 2. The molecule has 2 heterocycles. The Morgan fingerprint density at radius 2 is 2.13 bits per heavy atom. The number of benzene rings is 1. The SMILES string of the molecule is Cc1ccc(C23CC2CC(C(N)=O)N3)cc1-c1ncc(F)cn1. The Morgan fingerprint density at radius 3 is 2.78 bits per heavy atom. The molecule has 23 heavy (non-hydrogen) atoms. The number of hydrogen-bond donors (Lipinski definition) is 2. The largest absolute Gasteiger partial charge is 0.368 e. The molecule has 3 atom stereocenters. The van der Waals surface area contributed by atoms with Crippen LogP contribution in [-0.4, -0.2) is 21.9 Å². The number of amides is 1. The van der Waals surface area contributed by atoms with Crippen molar-refractivity contribution < 1.29 is 9.18 Å². The molecule has 1 aliphatic heterocycles. The number of nitrogens with two attached hydrogens (primary N) is 1. The number of carbonyl (C=O) groups is 1. The van der Waals surface area contributed by atoms with Gasteiger partial charge in [0.2, 0.25) is 5.91 Å². The number of hydrogen-bond acceptors (Lipinski definition) is 4. The van der Waals surface area contributed by atoms with E-state index in [0.717, 1.165) is 29.5 Å². The van der Waals surface area contributed by atoms with Gasteiger partial charge in [0, 0.05) is 11.1 Å². The average Bonchev–Trinajstić information content (AvgIpc) is 3.10. The number of halogens is 1. The molecular weight excluding hydrogens is 295 g/mol. The lowest BCUT2D eigenvalue weighted by atomic mass is 9.97. The molecule has 5 nitrogen and oxygen atoms in total. The van der Waals surface area contributed by atoms with Gasteiger partial charge in [0.15, 0.2) is 11.6 Å². The van der Waals surface area contributed by atoms with E-state index in [9.17, 15) is 9.18 Å². The molecule has 118 valence electrons. The molecule has 0 radical (unpaired) electrons. The number of primary amides is 1. The van der Waals surface area contributed by atoms with Crippen molar-refractivity contribution in [3.8, 4) is 11.4 Å². The van der Waals surface area contributed by atoms with Crippen LogP contribution in [0, 0.1) is 18.7 Å². The van der Waals surface area contributed by atoms with Crippen LogP contribution in [0.15, 0.2) is 30.6 Å². The van der Waals surface area contributed by atoms with Gasteiger partial charge >= 0.3 is 0 Å². The maximum Gasteiger partial charge on any atom is 0.234 e. The summed E-state index contributed by atoms with van der Waals surface area (Å²) in [5.41, 5.74) is 8.27. The smallest absolute Gasteiger partial charge is 0.234 e. The van der Waals surface area contributed by atoms with Crippen LogP contribution in [0.5, 0.6) is 0 Å². The summed E-state index contributed by atoms with van der Waals surface area (Å²) < 4.78 is 13.0. The maximum atomic E-state index is 13.0. The van der Waals surface area contributed by atoms with Crippen LogP contribution in [0.4, 0.5) is 4.39 Å². The second-order valence-corrected chi connectivity index (χ2v) is 6.46. The predicted molar refractivity (Wildman–Crippen MR) is 82.7 cm³/mol. The Hall–Kier alpha value is -2.34. The normalized spacial score (nSPS) is 28.4. The zero-order valence-corrected chi connectivity index (χ0v) is 12.7. The van der Waals surface area contributed by atoms with E-state index >= 15 is 0 Å². The van der Waals surface area contributed by atoms with Crippen LogP contribution in [0.3, 0.4) is 0 Å². The Balaban J connectivity index is 1.71. The van der Waals surface area contributed by atoms with E-state index < -0.39 is 5.82 Å². The van der Waals surface area contributed by atoms with Gasteiger partial charge in [-0.25, -0.2) is 14.4 Å². The third kappa shape index (κ3) is 2.21. The molecular formula is C17H17FN4O. The van der Waals surface area contributed by atoms with Gasteiger partial charge in [0.25, 0.3) is 0 Å². The van der Waals surface area contributed by atoms with Crippen molar-refractivity contribution in [3.05, 3.63) is 47.5 Å². The molecule has 2 aliphatic rings. The van der Waals surface area contributed by atoms with Gasteiger partial charge in [-0.05, 0) is 42.9 Å². The second kappa shape index (κ2) is 4.83. The highest BCUT2D eigenvalue weighted by Crippen LogP contribution is 2.59. The van der Waals surface area contributed by atoms with Crippen LogP contribution in [0.1, 0.15) is 24.0 Å². The Bertz CT molecular complexity index is 792. The predicted octanol–water partition coefficient (Wildman–Crippen LogP) is 1.65. The van der Waals surface area contributed by atoms with Crippen molar-refractivity contribution >= 4 is 5.91 Å². The van der Waals surface area contributed by atoms with E-state index in [1.807, 2.05) is 19.1 Å². The quantitative estimate of drug-likeness (QED) is 0.903. The fourth-order valence-corrected chi connectivity index (χ4v) is 3.66. The molecule has 3 unspecified atom stereocenters. The first kappa shape index (κ1) is 14.3. The van der Waals surface area contributed by atoms with Crippen molar-refractivity contribution in [2.45, 2.75) is 31.3 Å². The average molecular weight is 312 g/mol. The molecule has 0 bridgehead atoms. The van der Waals surface area contributed by atoms with Crippen LogP contribution in [-0.2, 0) is 10.3 Å². The van der Waals surface area contributed by atoms with E-state index in [-0.39, 0.29) is 17.5 Å². The standard InChI is InChI=1S/C17H17FN4O/c1-9-2-3-10(4-13(9)16-20-7-12(18)8-21-16)17-6-11(17)5-14(22-17)15(19)23/h2-4,7-8,11,14,22H,5-6H2,1H3,(H2,19,23). The van der Waals surface area contributed by atoms with Gasteiger partial charge in [-0.1, -0.05) is 12.1 Å². The fraction of sp³-hybridized carbons (Fsp3) is 0.353. The first-order chi connectivity index (χ1) is 11.0. The first-order valence-corrected chi connectivity index (χ1v) is 7.66. The summed E-state index contributed by atoms with van der Waals surface area (Å²) in [5, 5.41) is 3.39. The van der Waals surface area contributed by atoms with E-state index in [1.165, 1.54) is 12.4 Å². The highest BCUT2D eigenvalue weighted by Gasteiger charge is 2.62. The Morgan fingerprint density at radius 1 is 1.39 bits per heavy atom. The maximum absolute atomic E-state index is 13.0. The van der Waals surface area contributed by atoms with Crippen molar-refractivity contribution in [1.29, 1.82) is 0 Å². The summed E-state index contributed by atoms with van der Waals surface area (Å²) >= 11 is 0. The summed E-state index contributed by atoms with van der Waals surface area (Å²) in [5.74, 6) is 0.185. The minimum atomic E-state index is -0.454. The second-order valence-electron chi connectivity index (χ2n) is 6.46. The summed E-state index contributed by atoms with van der Waals surface area (Å²) in [6.45, 7) is 1.97. The van der Waals surface area contributed by atoms with E-state index in [4.69, 9.17) is 5.73 Å². The molecule has 1 aromatic heterocycles. The minimum absolute atomic E-state index is 0.165. The van der Waals surface area contributed by atoms with E-state index in [1.54, 1.807) is 0 Å². The molecule has 1 aromatic carbocycles. The van der Waals surface area contributed by atoms with Crippen molar-refractivity contribution in [2.24, 2.45) is 11.7 Å². The lowest BCUT2D eigenvalue weighted by Gasteiger charge is -2.19. The van der Waals surface area contributed by atoms with Crippen LogP contribution in [0.2, 0.25) is 0 Å². The molecule has 6 heteroatoms. The number of fused-ring (bicyclic) bond motifs is 1. The third-order valence-corrected chi connectivity index (χ3v) is 5.01. The molecule has 3 N–H and O–H groups in total. The van der Waals surface area contributed by atoms with Crippen LogP contribution < -0.4 is 11.1 Å². The molecule has 1 aliphatic carbocycles. The number of carbonyl (C=O) groups excluding carboxylic acids is 1. The van der Waals surface area contributed by atoms with Crippen molar-refractivity contribution in [3.63, 3.8) is 0 Å². The topological polar surface area (TPSA) is 80.9 Å². The van der Waals surface area contributed by atoms with E-state index in [2.05, 4.69) is 21.4 Å². The molecule has 4 rings (SSSR count). The molecule has 0 spiro atoms. The molecule has 1 saturated carbocycles. The van der Waals surface area contributed by atoms with Gasteiger partial charge in [-0.2, -0.15) is 0 Å². The van der Waals surface area contributed by atoms with Gasteiger partial charge in [-0.3, -0.25) is 10.1 Å². The van der Waals surface area contributed by atoms with Gasteiger partial charge in [-0.15, -0.1) is 0 Å². The van der Waals surface area contributed by atoms with E-state index in [0.29, 0.717) is 11.7 Å². The van der Waals surface area contributed by atoms with Crippen molar-refractivity contribution in [2.75, 3.05) is 0 Å². The summed E-state index contributed by atoms with van der Waals surface area (Å²) in [6.07, 6.45) is 4.13. The zero-order chi connectivity index (χ0) is 16.2. The number of piperidine rings is 1. The summed E-state index contributed by atoms with van der Waals surface area (Å²) in [6, 6.07) is 5.86. The van der Waals surface area contributed by atoms with Gasteiger partial charge in [0.1, 0.15) is 0 Å². The summed E-state index contributed by atoms with van der Waals surface area (Å²) in [4.78, 5) is 19.6.